The van der Waals surface area contributed by atoms with Crippen LogP contribution in [-0.4, -0.2) is 44.9 Å². The first-order valence-corrected chi connectivity index (χ1v) is 10.9. The first-order valence-electron chi connectivity index (χ1n) is 9.30. The number of hydrogen-bond acceptors (Lipinski definition) is 4. The van der Waals surface area contributed by atoms with Gasteiger partial charge in [0.05, 0.1) is 17.6 Å². The third-order valence-electron chi connectivity index (χ3n) is 6.66. The van der Waals surface area contributed by atoms with Crippen LogP contribution in [0.1, 0.15) is 38.7 Å². The molecule has 2 aliphatic rings. The summed E-state index contributed by atoms with van der Waals surface area (Å²) in [5.74, 6) is 0.198. The molecule has 2 aliphatic carbocycles. The van der Waals surface area contributed by atoms with Crippen LogP contribution in [0, 0.1) is 16.7 Å². The van der Waals surface area contributed by atoms with Gasteiger partial charge in [0.2, 0.25) is 15.9 Å². The SMILES string of the molecule is CN(C)C(=O)Cc1ccc(NS(=O)(=O)C[C@@]23CC[C@@H](CC2=O)C3(C)C)cc1. The van der Waals surface area contributed by atoms with Gasteiger partial charge in [0, 0.05) is 26.2 Å². The van der Waals surface area contributed by atoms with Crippen LogP contribution in [-0.2, 0) is 26.0 Å². The molecule has 2 bridgehead atoms. The van der Waals surface area contributed by atoms with Gasteiger partial charge in [-0.3, -0.25) is 14.3 Å². The standard InChI is InChI=1S/C20H28N2O4S/c1-19(2)15-9-10-20(19,17(23)12-15)13-27(25,26)21-16-7-5-14(6-8-16)11-18(24)22(3)4/h5-8,15,21H,9-13H2,1-4H3/t15-,20-/m0/s1. The van der Waals surface area contributed by atoms with Crippen LogP contribution in [0.5, 0.6) is 0 Å². The third kappa shape index (κ3) is 3.49. The maximum absolute atomic E-state index is 12.8. The Kier molecular flexibility index (Phi) is 4.87. The molecule has 0 heterocycles. The number of carbonyl (C=O) groups excluding carboxylic acids is 2. The number of nitrogens with zero attached hydrogens (tertiary/aromatic N) is 1. The number of hydrogen-bond donors (Lipinski definition) is 1. The summed E-state index contributed by atoms with van der Waals surface area (Å²) < 4.78 is 28.2. The van der Waals surface area contributed by atoms with Crippen molar-refractivity contribution in [2.75, 3.05) is 24.6 Å². The molecule has 0 spiro atoms. The molecule has 0 aromatic heterocycles. The topological polar surface area (TPSA) is 83.6 Å². The molecule has 1 aromatic rings. The number of amides is 1. The summed E-state index contributed by atoms with van der Waals surface area (Å²) in [7, 11) is -0.265. The molecule has 2 fully saturated rings. The number of anilines is 1. The average molecular weight is 393 g/mol. The fraction of sp³-hybridized carbons (Fsp3) is 0.600. The summed E-state index contributed by atoms with van der Waals surface area (Å²) in [6.45, 7) is 4.06. The summed E-state index contributed by atoms with van der Waals surface area (Å²) in [4.78, 5) is 25.9. The molecule has 0 aliphatic heterocycles. The largest absolute Gasteiger partial charge is 0.349 e. The van der Waals surface area contributed by atoms with Crippen molar-refractivity contribution >= 4 is 27.4 Å². The van der Waals surface area contributed by atoms with E-state index in [0.717, 1.165) is 12.0 Å². The maximum atomic E-state index is 12.8. The quantitative estimate of drug-likeness (QED) is 0.806. The predicted octanol–water partition coefficient (Wildman–Crippen LogP) is 2.45. The monoisotopic (exact) mass is 392 g/mol. The number of rotatable bonds is 6. The average Bonchev–Trinajstić information content (AvgIpc) is 2.90. The van der Waals surface area contributed by atoms with Gasteiger partial charge in [0.15, 0.2) is 0 Å². The van der Waals surface area contributed by atoms with Gasteiger partial charge in [0.1, 0.15) is 5.78 Å². The molecule has 3 rings (SSSR count). The lowest BCUT2D eigenvalue weighted by atomic mass is 9.70. The van der Waals surface area contributed by atoms with Crippen LogP contribution in [0.2, 0.25) is 0 Å². The molecule has 0 radical (unpaired) electrons. The van der Waals surface area contributed by atoms with Crippen LogP contribution in [0.25, 0.3) is 0 Å². The number of carbonyl (C=O) groups is 2. The van der Waals surface area contributed by atoms with Crippen molar-refractivity contribution in [1.82, 2.24) is 4.90 Å². The Bertz CT molecular complexity index is 858. The Morgan fingerprint density at radius 3 is 2.33 bits per heavy atom. The number of fused-ring (bicyclic) bond motifs is 2. The molecule has 7 heteroatoms. The molecule has 0 unspecified atom stereocenters. The zero-order valence-corrected chi connectivity index (χ0v) is 17.2. The fourth-order valence-electron chi connectivity index (χ4n) is 4.67. The van der Waals surface area contributed by atoms with Crippen LogP contribution in [0.3, 0.4) is 0 Å². The van der Waals surface area contributed by atoms with E-state index < -0.39 is 15.4 Å². The highest BCUT2D eigenvalue weighted by Gasteiger charge is 2.65. The van der Waals surface area contributed by atoms with E-state index >= 15 is 0 Å². The van der Waals surface area contributed by atoms with E-state index in [1.807, 2.05) is 13.8 Å². The number of sulfonamides is 1. The second-order valence-electron chi connectivity index (χ2n) is 8.69. The van der Waals surface area contributed by atoms with E-state index in [0.29, 0.717) is 18.5 Å². The van der Waals surface area contributed by atoms with Crippen LogP contribution >= 0.6 is 0 Å². The van der Waals surface area contributed by atoms with E-state index in [2.05, 4.69) is 4.72 Å². The Morgan fingerprint density at radius 2 is 1.85 bits per heavy atom. The molecule has 1 aromatic carbocycles. The number of benzene rings is 1. The number of likely N-dealkylation sites (N-methyl/N-ethyl adjacent to an activating group) is 1. The zero-order valence-electron chi connectivity index (χ0n) is 16.4. The van der Waals surface area contributed by atoms with Crippen LogP contribution in [0.15, 0.2) is 24.3 Å². The Balaban J connectivity index is 1.72. The van der Waals surface area contributed by atoms with Gasteiger partial charge in [-0.25, -0.2) is 8.42 Å². The third-order valence-corrected chi connectivity index (χ3v) is 8.08. The highest BCUT2D eigenvalue weighted by atomic mass is 32.2. The lowest BCUT2D eigenvalue weighted by Crippen LogP contribution is -2.43. The molecule has 0 saturated heterocycles. The summed E-state index contributed by atoms with van der Waals surface area (Å²) in [6, 6.07) is 6.81. The molecule has 2 saturated carbocycles. The highest BCUT2D eigenvalue weighted by Crippen LogP contribution is 2.64. The van der Waals surface area contributed by atoms with Crippen molar-refractivity contribution in [2.45, 2.75) is 39.5 Å². The van der Waals surface area contributed by atoms with Crippen molar-refractivity contribution in [3.63, 3.8) is 0 Å². The first kappa shape index (κ1) is 19.9. The second-order valence-corrected chi connectivity index (χ2v) is 10.4. The molecule has 27 heavy (non-hydrogen) atoms. The molecule has 148 valence electrons. The fourth-order valence-corrected chi connectivity index (χ4v) is 6.57. The number of Topliss-reactive ketones (excluding diaryl/α,β-unsaturated/α-hetero) is 1. The van der Waals surface area contributed by atoms with Gasteiger partial charge in [-0.2, -0.15) is 0 Å². The minimum absolute atomic E-state index is 0.0137. The Hall–Kier alpha value is -1.89. The molecule has 1 amide bonds. The first-order chi connectivity index (χ1) is 12.5. The smallest absolute Gasteiger partial charge is 0.233 e. The van der Waals surface area contributed by atoms with Crippen molar-refractivity contribution in [1.29, 1.82) is 0 Å². The minimum atomic E-state index is -3.66. The maximum Gasteiger partial charge on any atom is 0.233 e. The molecular weight excluding hydrogens is 364 g/mol. The van der Waals surface area contributed by atoms with Gasteiger partial charge in [-0.15, -0.1) is 0 Å². The van der Waals surface area contributed by atoms with E-state index in [-0.39, 0.29) is 35.2 Å². The molecule has 2 atom stereocenters. The molecular formula is C20H28N2O4S. The summed E-state index contributed by atoms with van der Waals surface area (Å²) in [5.41, 5.74) is 0.211. The van der Waals surface area contributed by atoms with Gasteiger partial charge >= 0.3 is 0 Å². The van der Waals surface area contributed by atoms with E-state index in [1.165, 1.54) is 4.90 Å². The van der Waals surface area contributed by atoms with E-state index in [1.54, 1.807) is 38.4 Å². The Labute approximate surface area is 161 Å². The molecule has 1 N–H and O–H groups in total. The van der Waals surface area contributed by atoms with E-state index in [9.17, 15) is 18.0 Å². The summed E-state index contributed by atoms with van der Waals surface area (Å²) in [6.07, 6.45) is 2.34. The molecule has 6 nitrogen and oxygen atoms in total. The Morgan fingerprint density at radius 1 is 1.22 bits per heavy atom. The summed E-state index contributed by atoms with van der Waals surface area (Å²) >= 11 is 0. The van der Waals surface area contributed by atoms with Gasteiger partial charge in [-0.05, 0) is 41.9 Å². The van der Waals surface area contributed by atoms with Crippen LogP contribution < -0.4 is 4.72 Å². The zero-order chi connectivity index (χ0) is 20.0. The van der Waals surface area contributed by atoms with Crippen molar-refractivity contribution in [3.05, 3.63) is 29.8 Å². The normalized spacial score (nSPS) is 26.2. The highest BCUT2D eigenvalue weighted by molar-refractivity contribution is 7.92. The lowest BCUT2D eigenvalue weighted by molar-refractivity contribution is -0.128. The number of ketones is 1. The van der Waals surface area contributed by atoms with Crippen molar-refractivity contribution in [2.24, 2.45) is 16.7 Å². The lowest BCUT2D eigenvalue weighted by Gasteiger charge is -2.36. The van der Waals surface area contributed by atoms with Crippen molar-refractivity contribution < 1.29 is 18.0 Å². The van der Waals surface area contributed by atoms with E-state index in [4.69, 9.17) is 0 Å². The van der Waals surface area contributed by atoms with Gasteiger partial charge in [-0.1, -0.05) is 26.0 Å². The second kappa shape index (κ2) is 6.62. The van der Waals surface area contributed by atoms with Crippen molar-refractivity contribution in [3.8, 4) is 0 Å². The van der Waals surface area contributed by atoms with Gasteiger partial charge < -0.3 is 4.90 Å². The minimum Gasteiger partial charge on any atom is -0.349 e. The predicted molar refractivity (Wildman–Crippen MR) is 105 cm³/mol. The van der Waals surface area contributed by atoms with Gasteiger partial charge in [0.25, 0.3) is 0 Å². The summed E-state index contributed by atoms with van der Waals surface area (Å²) in [5, 5.41) is 0. The number of nitrogens with one attached hydrogen (secondary N) is 1. The van der Waals surface area contributed by atoms with Crippen LogP contribution in [0.4, 0.5) is 5.69 Å².